The number of anilines is 1. The van der Waals surface area contributed by atoms with E-state index in [0.29, 0.717) is 32.0 Å². The number of piperazine rings is 1. The van der Waals surface area contributed by atoms with E-state index in [0.717, 1.165) is 37.3 Å². The van der Waals surface area contributed by atoms with E-state index in [1.807, 2.05) is 30.3 Å². The molecule has 2 heterocycles. The summed E-state index contributed by atoms with van der Waals surface area (Å²) in [6.45, 7) is 6.50. The van der Waals surface area contributed by atoms with Crippen LogP contribution in [-0.2, 0) is 21.2 Å². The number of rotatable bonds is 7. The van der Waals surface area contributed by atoms with Gasteiger partial charge in [-0.2, -0.15) is 18.3 Å². The van der Waals surface area contributed by atoms with Crippen molar-refractivity contribution in [2.24, 2.45) is 5.10 Å². The Hall–Kier alpha value is -3.27. The van der Waals surface area contributed by atoms with Crippen molar-refractivity contribution in [2.45, 2.75) is 38.3 Å². The van der Waals surface area contributed by atoms with Gasteiger partial charge in [-0.25, -0.2) is 4.39 Å². The summed E-state index contributed by atoms with van der Waals surface area (Å²) < 4.78 is 54.9. The number of halogens is 4. The van der Waals surface area contributed by atoms with Gasteiger partial charge < -0.3 is 4.90 Å². The van der Waals surface area contributed by atoms with Crippen molar-refractivity contribution in [3.63, 3.8) is 0 Å². The van der Waals surface area contributed by atoms with Gasteiger partial charge in [-0.15, -0.1) is 0 Å². The topological polar surface area (TPSA) is 56.2 Å². The molecule has 2 aliphatic heterocycles. The van der Waals surface area contributed by atoms with Crippen LogP contribution >= 0.6 is 0 Å². The van der Waals surface area contributed by atoms with E-state index < -0.39 is 23.0 Å². The predicted molar refractivity (Wildman–Crippen MR) is 133 cm³/mol. The molecule has 0 N–H and O–H groups in total. The predicted octanol–water partition coefficient (Wildman–Crippen LogP) is 4.49. The molecule has 198 valence electrons. The first kappa shape index (κ1) is 26.8. The summed E-state index contributed by atoms with van der Waals surface area (Å²) in [7, 11) is 0. The van der Waals surface area contributed by atoms with Crippen LogP contribution in [0, 0.1) is 5.82 Å². The SMILES string of the molecule is CC(=O)C1=NN(c2cc(C(F)(F)F)ccc2F)CC1(CCCN1CCN(C(C)=O)CC1)c1ccccc1. The Labute approximate surface area is 213 Å². The number of hydrogen-bond donors (Lipinski definition) is 0. The van der Waals surface area contributed by atoms with E-state index in [1.165, 1.54) is 11.9 Å². The van der Waals surface area contributed by atoms with Crippen LogP contribution in [0.3, 0.4) is 0 Å². The van der Waals surface area contributed by atoms with Crippen molar-refractivity contribution in [1.29, 1.82) is 0 Å². The Morgan fingerprint density at radius 1 is 1.00 bits per heavy atom. The highest BCUT2D eigenvalue weighted by Gasteiger charge is 2.47. The van der Waals surface area contributed by atoms with Crippen LogP contribution in [0.15, 0.2) is 53.6 Å². The molecule has 0 bridgehead atoms. The molecule has 0 aromatic heterocycles. The molecular formula is C27H30F4N4O2. The number of benzene rings is 2. The fraction of sp³-hybridized carbons (Fsp3) is 0.444. The molecule has 10 heteroatoms. The van der Waals surface area contributed by atoms with Crippen LogP contribution in [-0.4, -0.2) is 66.5 Å². The van der Waals surface area contributed by atoms with E-state index in [-0.39, 0.29) is 29.6 Å². The maximum Gasteiger partial charge on any atom is 0.416 e. The first-order chi connectivity index (χ1) is 17.5. The minimum Gasteiger partial charge on any atom is -0.340 e. The maximum atomic E-state index is 14.8. The molecule has 0 aliphatic carbocycles. The number of hydrazone groups is 1. The Morgan fingerprint density at radius 3 is 2.27 bits per heavy atom. The highest BCUT2D eigenvalue weighted by Crippen LogP contribution is 2.41. The third-order valence-corrected chi connectivity index (χ3v) is 7.20. The van der Waals surface area contributed by atoms with Gasteiger partial charge in [0, 0.05) is 40.0 Å². The molecule has 2 aromatic rings. The molecule has 1 atom stereocenters. The zero-order valence-corrected chi connectivity index (χ0v) is 20.9. The van der Waals surface area contributed by atoms with Crippen molar-refractivity contribution < 1.29 is 27.2 Å². The largest absolute Gasteiger partial charge is 0.416 e. The Balaban J connectivity index is 1.61. The first-order valence-corrected chi connectivity index (χ1v) is 12.3. The summed E-state index contributed by atoms with van der Waals surface area (Å²) in [4.78, 5) is 28.5. The zero-order valence-electron chi connectivity index (χ0n) is 20.9. The Kier molecular flexibility index (Phi) is 7.68. The van der Waals surface area contributed by atoms with Crippen LogP contribution in [0.1, 0.15) is 37.8 Å². The average molecular weight is 519 g/mol. The molecule has 0 saturated carbocycles. The average Bonchev–Trinajstić information content (AvgIpc) is 3.25. The molecule has 37 heavy (non-hydrogen) atoms. The van der Waals surface area contributed by atoms with Crippen molar-refractivity contribution in [3.8, 4) is 0 Å². The lowest BCUT2D eigenvalue weighted by Gasteiger charge is -2.36. The fourth-order valence-electron chi connectivity index (χ4n) is 5.23. The van der Waals surface area contributed by atoms with Crippen molar-refractivity contribution >= 4 is 23.1 Å². The van der Waals surface area contributed by atoms with Gasteiger partial charge in [0.1, 0.15) is 11.5 Å². The Bertz CT molecular complexity index is 1180. The summed E-state index contributed by atoms with van der Waals surface area (Å²) in [5.41, 5.74) is -1.19. The third-order valence-electron chi connectivity index (χ3n) is 7.20. The van der Waals surface area contributed by atoms with Gasteiger partial charge in [0.05, 0.1) is 23.2 Å². The lowest BCUT2D eigenvalue weighted by atomic mass is 9.72. The number of hydrogen-bond acceptors (Lipinski definition) is 5. The zero-order chi connectivity index (χ0) is 26.8. The van der Waals surface area contributed by atoms with Crippen molar-refractivity contribution in [3.05, 3.63) is 65.5 Å². The molecule has 0 spiro atoms. The number of alkyl halides is 3. The first-order valence-electron chi connectivity index (χ1n) is 12.3. The molecule has 2 aromatic carbocycles. The molecule has 1 amide bonds. The number of nitrogens with zero attached hydrogens (tertiary/aromatic N) is 4. The highest BCUT2D eigenvalue weighted by atomic mass is 19.4. The molecule has 1 fully saturated rings. The number of Topliss-reactive ketones (excluding diaryl/α,β-unsaturated/α-hetero) is 1. The van der Waals surface area contributed by atoms with Gasteiger partial charge in [-0.3, -0.25) is 19.5 Å². The number of carbonyl (C=O) groups excluding carboxylic acids is 2. The molecular weight excluding hydrogens is 488 g/mol. The smallest absolute Gasteiger partial charge is 0.340 e. The van der Waals surface area contributed by atoms with Gasteiger partial charge in [-0.05, 0) is 43.1 Å². The number of ketones is 1. The van der Waals surface area contributed by atoms with E-state index in [1.54, 1.807) is 11.8 Å². The normalized spacial score (nSPS) is 20.8. The lowest BCUT2D eigenvalue weighted by Crippen LogP contribution is -2.48. The van der Waals surface area contributed by atoms with E-state index >= 15 is 0 Å². The summed E-state index contributed by atoms with van der Waals surface area (Å²) in [5, 5.41) is 5.60. The van der Waals surface area contributed by atoms with Crippen LogP contribution in [0.2, 0.25) is 0 Å². The maximum absolute atomic E-state index is 14.8. The second kappa shape index (κ2) is 10.6. The second-order valence-electron chi connectivity index (χ2n) is 9.63. The highest BCUT2D eigenvalue weighted by molar-refractivity contribution is 6.43. The summed E-state index contributed by atoms with van der Waals surface area (Å²) in [6, 6.07) is 11.5. The van der Waals surface area contributed by atoms with Crippen LogP contribution in [0.25, 0.3) is 0 Å². The van der Waals surface area contributed by atoms with Gasteiger partial charge in [0.15, 0.2) is 5.78 Å². The van der Waals surface area contributed by atoms with E-state index in [9.17, 15) is 27.2 Å². The van der Waals surface area contributed by atoms with Crippen LogP contribution < -0.4 is 5.01 Å². The molecule has 4 rings (SSSR count). The van der Waals surface area contributed by atoms with Gasteiger partial charge in [-0.1, -0.05) is 30.3 Å². The molecule has 6 nitrogen and oxygen atoms in total. The third kappa shape index (κ3) is 5.69. The monoisotopic (exact) mass is 518 g/mol. The summed E-state index contributed by atoms with van der Waals surface area (Å²) in [5.74, 6) is -1.10. The summed E-state index contributed by atoms with van der Waals surface area (Å²) >= 11 is 0. The van der Waals surface area contributed by atoms with Crippen molar-refractivity contribution in [2.75, 3.05) is 44.3 Å². The summed E-state index contributed by atoms with van der Waals surface area (Å²) in [6.07, 6.45) is -3.46. The lowest BCUT2D eigenvalue weighted by molar-refractivity contribution is -0.137. The van der Waals surface area contributed by atoms with Crippen LogP contribution in [0.5, 0.6) is 0 Å². The van der Waals surface area contributed by atoms with Gasteiger partial charge >= 0.3 is 6.18 Å². The number of carbonyl (C=O) groups is 2. The van der Waals surface area contributed by atoms with Crippen molar-refractivity contribution in [1.82, 2.24) is 9.80 Å². The fourth-order valence-corrected chi connectivity index (χ4v) is 5.23. The molecule has 1 unspecified atom stereocenters. The minimum absolute atomic E-state index is 0.0439. The molecule has 1 saturated heterocycles. The standard InChI is InChI=1S/C27H30F4N4O2/c1-19(36)25-26(21-7-4-3-5-8-21,11-6-12-33-13-15-34(16-14-33)20(2)37)18-35(32-25)24-17-22(27(29,30)31)9-10-23(24)28/h3-5,7-10,17H,6,11-16,18H2,1-2H3. The molecule has 0 radical (unpaired) electrons. The van der Waals surface area contributed by atoms with E-state index in [4.69, 9.17) is 0 Å². The van der Waals surface area contributed by atoms with Crippen LogP contribution in [0.4, 0.5) is 23.2 Å². The number of amides is 1. The minimum atomic E-state index is -4.64. The quantitative estimate of drug-likeness (QED) is 0.507. The van der Waals surface area contributed by atoms with Gasteiger partial charge in [0.25, 0.3) is 0 Å². The second-order valence-corrected chi connectivity index (χ2v) is 9.63. The van der Waals surface area contributed by atoms with Gasteiger partial charge in [0.2, 0.25) is 5.91 Å². The molecule has 2 aliphatic rings. The van der Waals surface area contributed by atoms with E-state index in [2.05, 4.69) is 10.0 Å². The Morgan fingerprint density at radius 2 is 1.68 bits per heavy atom.